The smallest absolute Gasteiger partial charge is 0.238 e. The summed E-state index contributed by atoms with van der Waals surface area (Å²) < 4.78 is 34.7. The van der Waals surface area contributed by atoms with Crippen molar-refractivity contribution in [3.8, 4) is 5.75 Å². The van der Waals surface area contributed by atoms with E-state index in [1.165, 1.54) is 0 Å². The van der Waals surface area contributed by atoms with Crippen LogP contribution in [0.25, 0.3) is 0 Å². The van der Waals surface area contributed by atoms with Gasteiger partial charge in [-0.3, -0.25) is 4.90 Å². The van der Waals surface area contributed by atoms with Gasteiger partial charge in [-0.2, -0.15) is 0 Å². The highest BCUT2D eigenvalue weighted by Gasteiger charge is 2.17. The summed E-state index contributed by atoms with van der Waals surface area (Å²) >= 11 is 0. The van der Waals surface area contributed by atoms with Gasteiger partial charge in [-0.15, -0.1) is 0 Å². The lowest BCUT2D eigenvalue weighted by Crippen LogP contribution is -2.37. The molecule has 0 bridgehead atoms. The van der Waals surface area contributed by atoms with E-state index in [4.69, 9.17) is 14.6 Å². The molecule has 1 heterocycles. The maximum atomic E-state index is 11.9. The standard InChI is InChI=1S/C16H26N2O4S/c1-2-3-10-22-15-5-4-14(16(13-15)23(17,19)20)6-7-18-8-11-21-12-9-18/h4-5,13H,2-3,6-12H2,1H3,(H2,17,19,20). The lowest BCUT2D eigenvalue weighted by molar-refractivity contribution is 0.0384. The van der Waals surface area contributed by atoms with E-state index in [0.717, 1.165) is 51.3 Å². The predicted octanol–water partition coefficient (Wildman–Crippen LogP) is 1.39. The molecule has 7 heteroatoms. The van der Waals surface area contributed by atoms with E-state index in [1.54, 1.807) is 6.07 Å². The SMILES string of the molecule is CCCCOc1ccc(CCN2CCOCC2)c(S(N)(=O)=O)c1. The highest BCUT2D eigenvalue weighted by Crippen LogP contribution is 2.22. The van der Waals surface area contributed by atoms with Crippen molar-refractivity contribution in [1.82, 2.24) is 4.90 Å². The average molecular weight is 342 g/mol. The molecule has 1 aliphatic rings. The van der Waals surface area contributed by atoms with Crippen molar-refractivity contribution >= 4 is 10.0 Å². The monoisotopic (exact) mass is 342 g/mol. The number of hydrogen-bond donors (Lipinski definition) is 1. The van der Waals surface area contributed by atoms with Crippen LogP contribution in [0.1, 0.15) is 25.3 Å². The lowest BCUT2D eigenvalue weighted by Gasteiger charge is -2.26. The van der Waals surface area contributed by atoms with Crippen molar-refractivity contribution in [2.24, 2.45) is 5.14 Å². The van der Waals surface area contributed by atoms with E-state index < -0.39 is 10.0 Å². The first-order chi connectivity index (χ1) is 11.0. The van der Waals surface area contributed by atoms with E-state index in [9.17, 15) is 8.42 Å². The van der Waals surface area contributed by atoms with Crippen LogP contribution in [0.3, 0.4) is 0 Å². The van der Waals surface area contributed by atoms with Gasteiger partial charge in [-0.05, 0) is 24.5 Å². The summed E-state index contributed by atoms with van der Waals surface area (Å²) in [7, 11) is -3.76. The Labute approximate surface area is 138 Å². The quantitative estimate of drug-likeness (QED) is 0.722. The van der Waals surface area contributed by atoms with E-state index in [1.807, 2.05) is 12.1 Å². The largest absolute Gasteiger partial charge is 0.494 e. The Balaban J connectivity index is 2.07. The van der Waals surface area contributed by atoms with Gasteiger partial charge in [0.1, 0.15) is 5.75 Å². The van der Waals surface area contributed by atoms with Crippen molar-refractivity contribution in [3.63, 3.8) is 0 Å². The number of unbranched alkanes of at least 4 members (excludes halogenated alkanes) is 1. The van der Waals surface area contributed by atoms with Gasteiger partial charge in [0.05, 0.1) is 24.7 Å². The number of nitrogens with two attached hydrogens (primary N) is 1. The van der Waals surface area contributed by atoms with E-state index in [0.29, 0.717) is 18.8 Å². The molecule has 6 nitrogen and oxygen atoms in total. The first kappa shape index (κ1) is 18.2. The first-order valence-corrected chi connectivity index (χ1v) is 9.64. The zero-order chi connectivity index (χ0) is 16.7. The van der Waals surface area contributed by atoms with Crippen LogP contribution in [0, 0.1) is 0 Å². The van der Waals surface area contributed by atoms with Crippen LogP contribution in [0.4, 0.5) is 0 Å². The van der Waals surface area contributed by atoms with Crippen LogP contribution in [0.15, 0.2) is 23.1 Å². The highest BCUT2D eigenvalue weighted by molar-refractivity contribution is 7.89. The minimum atomic E-state index is -3.76. The van der Waals surface area contributed by atoms with Crippen molar-refractivity contribution in [2.45, 2.75) is 31.1 Å². The zero-order valence-corrected chi connectivity index (χ0v) is 14.5. The molecule has 0 radical (unpaired) electrons. The summed E-state index contributed by atoms with van der Waals surface area (Å²) in [4.78, 5) is 2.43. The third kappa shape index (κ3) is 5.76. The van der Waals surface area contributed by atoms with Crippen LogP contribution in [0.5, 0.6) is 5.75 Å². The van der Waals surface area contributed by atoms with Crippen LogP contribution in [0.2, 0.25) is 0 Å². The summed E-state index contributed by atoms with van der Waals surface area (Å²) in [5, 5.41) is 5.37. The normalized spacial score (nSPS) is 16.4. The zero-order valence-electron chi connectivity index (χ0n) is 13.7. The number of rotatable bonds is 8. The fraction of sp³-hybridized carbons (Fsp3) is 0.625. The molecule has 1 aliphatic heterocycles. The number of hydrogen-bond acceptors (Lipinski definition) is 5. The molecule has 0 spiro atoms. The minimum absolute atomic E-state index is 0.166. The molecule has 23 heavy (non-hydrogen) atoms. The number of nitrogens with zero attached hydrogens (tertiary/aromatic N) is 1. The molecular formula is C16H26N2O4S. The molecule has 0 amide bonds. The molecule has 1 aromatic rings. The number of primary sulfonamides is 1. The van der Waals surface area contributed by atoms with Crippen LogP contribution >= 0.6 is 0 Å². The third-order valence-corrected chi connectivity index (χ3v) is 4.91. The maximum absolute atomic E-state index is 11.9. The molecule has 1 aromatic carbocycles. The van der Waals surface area contributed by atoms with Gasteiger partial charge in [-0.1, -0.05) is 19.4 Å². The maximum Gasteiger partial charge on any atom is 0.238 e. The van der Waals surface area contributed by atoms with Gasteiger partial charge in [0, 0.05) is 25.7 Å². The number of benzene rings is 1. The molecule has 0 aromatic heterocycles. The summed E-state index contributed by atoms with van der Waals surface area (Å²) in [6.45, 7) is 6.66. The molecule has 2 N–H and O–H groups in total. The molecule has 0 saturated carbocycles. The fourth-order valence-electron chi connectivity index (χ4n) is 2.53. The van der Waals surface area contributed by atoms with Gasteiger partial charge in [0.15, 0.2) is 0 Å². The van der Waals surface area contributed by atoms with Crippen molar-refractivity contribution in [2.75, 3.05) is 39.5 Å². The molecule has 1 saturated heterocycles. The Hall–Kier alpha value is -1.15. The van der Waals surface area contributed by atoms with Crippen molar-refractivity contribution in [1.29, 1.82) is 0 Å². The lowest BCUT2D eigenvalue weighted by atomic mass is 10.1. The van der Waals surface area contributed by atoms with E-state index >= 15 is 0 Å². The van der Waals surface area contributed by atoms with Gasteiger partial charge in [0.25, 0.3) is 0 Å². The Morgan fingerprint density at radius 2 is 2.04 bits per heavy atom. The van der Waals surface area contributed by atoms with Crippen LogP contribution in [-0.2, 0) is 21.2 Å². The highest BCUT2D eigenvalue weighted by atomic mass is 32.2. The van der Waals surface area contributed by atoms with E-state index in [-0.39, 0.29) is 4.90 Å². The molecular weight excluding hydrogens is 316 g/mol. The number of morpholine rings is 1. The Bertz CT molecular complexity index is 598. The summed E-state index contributed by atoms with van der Waals surface area (Å²) in [6.07, 6.45) is 2.60. The van der Waals surface area contributed by atoms with Gasteiger partial charge >= 0.3 is 0 Å². The molecule has 1 fully saturated rings. The van der Waals surface area contributed by atoms with Crippen molar-refractivity contribution in [3.05, 3.63) is 23.8 Å². The second-order valence-corrected chi connectivity index (χ2v) is 7.25. The van der Waals surface area contributed by atoms with Crippen LogP contribution < -0.4 is 9.88 Å². The van der Waals surface area contributed by atoms with Gasteiger partial charge in [-0.25, -0.2) is 13.6 Å². The van der Waals surface area contributed by atoms with E-state index in [2.05, 4.69) is 11.8 Å². The molecule has 0 aliphatic carbocycles. The Kier molecular flexibility index (Phi) is 6.83. The van der Waals surface area contributed by atoms with Crippen molar-refractivity contribution < 1.29 is 17.9 Å². The van der Waals surface area contributed by atoms with Gasteiger partial charge < -0.3 is 9.47 Å². The van der Waals surface area contributed by atoms with Crippen LogP contribution in [-0.4, -0.2) is 52.8 Å². The minimum Gasteiger partial charge on any atom is -0.494 e. The van der Waals surface area contributed by atoms with Gasteiger partial charge in [0.2, 0.25) is 10.0 Å². The molecule has 130 valence electrons. The second kappa shape index (κ2) is 8.63. The topological polar surface area (TPSA) is 81.9 Å². The predicted molar refractivity (Wildman–Crippen MR) is 89.2 cm³/mol. The number of sulfonamides is 1. The second-order valence-electron chi connectivity index (χ2n) is 5.72. The third-order valence-electron chi connectivity index (χ3n) is 3.91. The summed E-state index contributed by atoms with van der Waals surface area (Å²) in [5.41, 5.74) is 0.738. The average Bonchev–Trinajstić information content (AvgIpc) is 2.54. The first-order valence-electron chi connectivity index (χ1n) is 8.09. The summed E-state index contributed by atoms with van der Waals surface area (Å²) in [5.74, 6) is 0.553. The molecule has 0 atom stereocenters. The Morgan fingerprint density at radius 1 is 1.30 bits per heavy atom. The fourth-order valence-corrected chi connectivity index (χ4v) is 3.35. The number of ether oxygens (including phenoxy) is 2. The molecule has 0 unspecified atom stereocenters. The summed E-state index contributed by atoms with van der Waals surface area (Å²) in [6, 6.07) is 5.17. The Morgan fingerprint density at radius 3 is 2.70 bits per heavy atom. The molecule has 2 rings (SSSR count).